The van der Waals surface area contributed by atoms with Gasteiger partial charge in [-0.1, -0.05) is 50.3 Å². The van der Waals surface area contributed by atoms with Crippen LogP contribution in [0.1, 0.15) is 57.4 Å². The molecular formula is C18H26N2O. The van der Waals surface area contributed by atoms with Gasteiger partial charge in [-0.25, -0.2) is 4.79 Å². The predicted octanol–water partition coefficient (Wildman–Crippen LogP) is 4.26. The third-order valence-electron chi connectivity index (χ3n) is 4.86. The Kier molecular flexibility index (Phi) is 4.47. The highest BCUT2D eigenvalue weighted by atomic mass is 16.2. The monoisotopic (exact) mass is 286 g/mol. The minimum absolute atomic E-state index is 0.0954. The molecule has 3 rings (SSSR count). The number of carbonyl (C=O) groups is 1. The Bertz CT molecular complexity index is 492. The Morgan fingerprint density at radius 1 is 1.10 bits per heavy atom. The molecule has 1 atom stereocenters. The van der Waals surface area contributed by atoms with E-state index in [0.717, 1.165) is 24.9 Å². The van der Waals surface area contributed by atoms with Crippen LogP contribution in [0.3, 0.4) is 0 Å². The van der Waals surface area contributed by atoms with Gasteiger partial charge in [-0.05, 0) is 37.8 Å². The number of fused-ring (bicyclic) bond motifs is 1. The third-order valence-corrected chi connectivity index (χ3v) is 4.86. The van der Waals surface area contributed by atoms with Crippen molar-refractivity contribution in [3.8, 4) is 0 Å². The molecule has 2 amide bonds. The van der Waals surface area contributed by atoms with Crippen LogP contribution in [0.2, 0.25) is 0 Å². The smallest absolute Gasteiger partial charge is 0.322 e. The fraction of sp³-hybridized carbons (Fsp3) is 0.611. The van der Waals surface area contributed by atoms with E-state index in [0.29, 0.717) is 6.04 Å². The average molecular weight is 286 g/mol. The van der Waals surface area contributed by atoms with Crippen LogP contribution in [0.5, 0.6) is 0 Å². The second kappa shape index (κ2) is 6.50. The second-order valence-corrected chi connectivity index (χ2v) is 6.54. The van der Waals surface area contributed by atoms with E-state index in [1.54, 1.807) is 0 Å². The molecule has 0 radical (unpaired) electrons. The lowest BCUT2D eigenvalue weighted by Gasteiger charge is -2.27. The third kappa shape index (κ3) is 3.22. The number of urea groups is 1. The molecule has 1 aromatic rings. The van der Waals surface area contributed by atoms with Crippen molar-refractivity contribution < 1.29 is 4.79 Å². The molecule has 0 bridgehead atoms. The number of anilines is 1. The summed E-state index contributed by atoms with van der Waals surface area (Å²) < 4.78 is 0. The van der Waals surface area contributed by atoms with Crippen LogP contribution >= 0.6 is 0 Å². The lowest BCUT2D eigenvalue weighted by Crippen LogP contribution is -2.47. The fourth-order valence-electron chi connectivity index (χ4n) is 3.72. The van der Waals surface area contributed by atoms with Gasteiger partial charge in [0.15, 0.2) is 0 Å². The van der Waals surface area contributed by atoms with Gasteiger partial charge in [0, 0.05) is 17.8 Å². The van der Waals surface area contributed by atoms with E-state index in [2.05, 4.69) is 30.4 Å². The zero-order valence-electron chi connectivity index (χ0n) is 13.0. The highest BCUT2D eigenvalue weighted by molar-refractivity contribution is 5.95. The summed E-state index contributed by atoms with van der Waals surface area (Å²) >= 11 is 0. The first-order valence-electron chi connectivity index (χ1n) is 8.43. The van der Waals surface area contributed by atoms with Crippen molar-refractivity contribution in [3.63, 3.8) is 0 Å². The van der Waals surface area contributed by atoms with Gasteiger partial charge in [-0.15, -0.1) is 0 Å². The summed E-state index contributed by atoms with van der Waals surface area (Å²) in [7, 11) is 0. The molecule has 0 saturated heterocycles. The molecule has 2 aliphatic rings. The maximum Gasteiger partial charge on any atom is 0.322 e. The average Bonchev–Trinajstić information content (AvgIpc) is 2.77. The quantitative estimate of drug-likeness (QED) is 0.822. The van der Waals surface area contributed by atoms with E-state index in [9.17, 15) is 4.79 Å². The van der Waals surface area contributed by atoms with Gasteiger partial charge in [0.2, 0.25) is 0 Å². The van der Waals surface area contributed by atoms with Crippen molar-refractivity contribution in [1.82, 2.24) is 5.32 Å². The molecule has 1 heterocycles. The number of nitrogens with one attached hydrogen (secondary N) is 1. The lowest BCUT2D eigenvalue weighted by molar-refractivity contribution is 0.238. The van der Waals surface area contributed by atoms with Crippen molar-refractivity contribution in [2.24, 2.45) is 0 Å². The predicted molar refractivity (Wildman–Crippen MR) is 86.7 cm³/mol. The van der Waals surface area contributed by atoms with E-state index >= 15 is 0 Å². The standard InChI is InChI=1S/C18H26N2O/c1-14-13-15-9-7-8-12-17(15)20(14)18(21)19-16-10-5-3-2-4-6-11-16/h7-9,12,14,16H,2-6,10-11,13H2,1H3,(H,19,21). The summed E-state index contributed by atoms with van der Waals surface area (Å²) in [6.07, 6.45) is 9.72. The van der Waals surface area contributed by atoms with Gasteiger partial charge in [-0.3, -0.25) is 4.90 Å². The Hall–Kier alpha value is -1.51. The number of amides is 2. The Morgan fingerprint density at radius 3 is 2.52 bits per heavy atom. The summed E-state index contributed by atoms with van der Waals surface area (Å²) in [5.74, 6) is 0. The first-order chi connectivity index (χ1) is 10.3. The maximum absolute atomic E-state index is 12.7. The van der Waals surface area contributed by atoms with Gasteiger partial charge in [0.1, 0.15) is 0 Å². The number of hydrogen-bond donors (Lipinski definition) is 1. The molecule has 1 aliphatic heterocycles. The van der Waals surface area contributed by atoms with E-state index in [4.69, 9.17) is 0 Å². The number of carbonyl (C=O) groups excluding carboxylic acids is 1. The van der Waals surface area contributed by atoms with E-state index < -0.39 is 0 Å². The highest BCUT2D eigenvalue weighted by Gasteiger charge is 2.31. The maximum atomic E-state index is 12.7. The van der Waals surface area contributed by atoms with Crippen LogP contribution in [-0.4, -0.2) is 18.1 Å². The van der Waals surface area contributed by atoms with E-state index in [-0.39, 0.29) is 12.1 Å². The molecule has 1 aromatic carbocycles. The summed E-state index contributed by atoms with van der Waals surface area (Å²) in [6, 6.07) is 8.99. The van der Waals surface area contributed by atoms with E-state index in [1.807, 2.05) is 11.0 Å². The fourth-order valence-corrected chi connectivity index (χ4v) is 3.72. The minimum atomic E-state index is 0.0954. The van der Waals surface area contributed by atoms with Crippen LogP contribution in [0, 0.1) is 0 Å². The number of para-hydroxylation sites is 1. The number of nitrogens with zero attached hydrogens (tertiary/aromatic N) is 1. The highest BCUT2D eigenvalue weighted by Crippen LogP contribution is 2.32. The molecule has 1 N–H and O–H groups in total. The van der Waals surface area contributed by atoms with Gasteiger partial charge in [-0.2, -0.15) is 0 Å². The molecule has 1 fully saturated rings. The first kappa shape index (κ1) is 14.4. The molecule has 3 nitrogen and oxygen atoms in total. The molecule has 3 heteroatoms. The number of hydrogen-bond acceptors (Lipinski definition) is 1. The van der Waals surface area contributed by atoms with Gasteiger partial charge < -0.3 is 5.32 Å². The molecular weight excluding hydrogens is 260 g/mol. The second-order valence-electron chi connectivity index (χ2n) is 6.54. The largest absolute Gasteiger partial charge is 0.335 e. The molecule has 1 saturated carbocycles. The van der Waals surface area contributed by atoms with Gasteiger partial charge in [0.05, 0.1) is 0 Å². The normalized spacial score (nSPS) is 23.3. The summed E-state index contributed by atoms with van der Waals surface area (Å²) in [5, 5.41) is 3.29. The first-order valence-corrected chi connectivity index (χ1v) is 8.43. The summed E-state index contributed by atoms with van der Waals surface area (Å²) in [6.45, 7) is 2.14. The Morgan fingerprint density at radius 2 is 1.76 bits per heavy atom. The molecule has 21 heavy (non-hydrogen) atoms. The summed E-state index contributed by atoms with van der Waals surface area (Å²) in [4.78, 5) is 14.7. The van der Waals surface area contributed by atoms with Gasteiger partial charge >= 0.3 is 6.03 Å². The van der Waals surface area contributed by atoms with Crippen molar-refractivity contribution in [2.45, 2.75) is 70.4 Å². The van der Waals surface area contributed by atoms with Crippen molar-refractivity contribution in [2.75, 3.05) is 4.90 Å². The van der Waals surface area contributed by atoms with Crippen LogP contribution in [0.25, 0.3) is 0 Å². The molecule has 0 spiro atoms. The van der Waals surface area contributed by atoms with Crippen LogP contribution in [0.4, 0.5) is 10.5 Å². The Labute approximate surface area is 127 Å². The van der Waals surface area contributed by atoms with Crippen LogP contribution < -0.4 is 10.2 Å². The van der Waals surface area contributed by atoms with Crippen molar-refractivity contribution in [3.05, 3.63) is 29.8 Å². The van der Waals surface area contributed by atoms with Crippen LogP contribution in [-0.2, 0) is 6.42 Å². The Balaban J connectivity index is 1.67. The number of rotatable bonds is 1. The topological polar surface area (TPSA) is 32.3 Å². The molecule has 0 aromatic heterocycles. The van der Waals surface area contributed by atoms with Crippen LogP contribution in [0.15, 0.2) is 24.3 Å². The van der Waals surface area contributed by atoms with Crippen molar-refractivity contribution in [1.29, 1.82) is 0 Å². The zero-order chi connectivity index (χ0) is 14.7. The van der Waals surface area contributed by atoms with Crippen molar-refractivity contribution >= 4 is 11.7 Å². The van der Waals surface area contributed by atoms with E-state index in [1.165, 1.54) is 37.7 Å². The molecule has 114 valence electrons. The van der Waals surface area contributed by atoms with Gasteiger partial charge in [0.25, 0.3) is 0 Å². The zero-order valence-corrected chi connectivity index (χ0v) is 13.0. The SMILES string of the molecule is CC1Cc2ccccc2N1C(=O)NC1CCCCCCC1. The summed E-state index contributed by atoms with van der Waals surface area (Å²) in [5.41, 5.74) is 2.38. The lowest BCUT2D eigenvalue weighted by atomic mass is 9.97. The molecule has 1 unspecified atom stereocenters. The number of benzene rings is 1. The minimum Gasteiger partial charge on any atom is -0.335 e. The molecule has 1 aliphatic carbocycles.